The van der Waals surface area contributed by atoms with Crippen LogP contribution in [0.15, 0.2) is 18.2 Å². The normalized spacial score (nSPS) is 22.9. The molecule has 1 aromatic rings. The van der Waals surface area contributed by atoms with Crippen LogP contribution in [-0.2, 0) is 11.2 Å². The van der Waals surface area contributed by atoms with Crippen LogP contribution >= 0.6 is 0 Å². The van der Waals surface area contributed by atoms with Gasteiger partial charge < -0.3 is 11.1 Å². The molecule has 1 atom stereocenters. The van der Waals surface area contributed by atoms with Crippen molar-refractivity contribution in [1.82, 2.24) is 5.32 Å². The van der Waals surface area contributed by atoms with E-state index in [1.807, 2.05) is 12.1 Å². The van der Waals surface area contributed by atoms with Gasteiger partial charge in [-0.2, -0.15) is 0 Å². The first-order valence-corrected chi connectivity index (χ1v) is 6.43. The van der Waals surface area contributed by atoms with Crippen molar-refractivity contribution < 1.29 is 4.79 Å². The maximum atomic E-state index is 11.9. The topological polar surface area (TPSA) is 55.1 Å². The second-order valence-electron chi connectivity index (χ2n) is 5.19. The SMILES string of the molecule is Nc1ccc2c(c1)CCC2NC(=O)C1CCC1. The summed E-state index contributed by atoms with van der Waals surface area (Å²) in [5, 5.41) is 3.18. The van der Waals surface area contributed by atoms with Crippen LogP contribution < -0.4 is 11.1 Å². The summed E-state index contributed by atoms with van der Waals surface area (Å²) in [5.74, 6) is 0.513. The van der Waals surface area contributed by atoms with Crippen molar-refractivity contribution in [1.29, 1.82) is 0 Å². The third kappa shape index (κ3) is 1.90. The molecule has 1 amide bonds. The van der Waals surface area contributed by atoms with Crippen LogP contribution in [0.2, 0.25) is 0 Å². The first-order valence-electron chi connectivity index (χ1n) is 6.43. The number of hydrogen-bond acceptors (Lipinski definition) is 2. The van der Waals surface area contributed by atoms with Crippen molar-refractivity contribution in [2.24, 2.45) is 5.92 Å². The third-order valence-electron chi connectivity index (χ3n) is 4.04. The van der Waals surface area contributed by atoms with E-state index in [0.717, 1.165) is 31.4 Å². The van der Waals surface area contributed by atoms with Gasteiger partial charge >= 0.3 is 0 Å². The van der Waals surface area contributed by atoms with Gasteiger partial charge in [0.2, 0.25) is 5.91 Å². The highest BCUT2D eigenvalue weighted by molar-refractivity contribution is 5.80. The summed E-state index contributed by atoms with van der Waals surface area (Å²) in [6.45, 7) is 0. The molecule has 1 unspecified atom stereocenters. The van der Waals surface area contributed by atoms with E-state index in [4.69, 9.17) is 5.73 Å². The number of nitrogen functional groups attached to an aromatic ring is 1. The molecule has 3 N–H and O–H groups in total. The number of rotatable bonds is 2. The van der Waals surface area contributed by atoms with Gasteiger partial charge in [-0.3, -0.25) is 4.79 Å². The molecule has 90 valence electrons. The number of carbonyl (C=O) groups is 1. The minimum atomic E-state index is 0.207. The summed E-state index contributed by atoms with van der Waals surface area (Å²) < 4.78 is 0. The zero-order chi connectivity index (χ0) is 11.8. The molecule has 2 aliphatic carbocycles. The molecule has 2 aliphatic rings. The highest BCUT2D eigenvalue weighted by Crippen LogP contribution is 2.34. The van der Waals surface area contributed by atoms with Crippen LogP contribution in [0.5, 0.6) is 0 Å². The van der Waals surface area contributed by atoms with Crippen LogP contribution in [0.1, 0.15) is 42.9 Å². The summed E-state index contributed by atoms with van der Waals surface area (Å²) >= 11 is 0. The summed E-state index contributed by atoms with van der Waals surface area (Å²) in [7, 11) is 0. The Morgan fingerprint density at radius 3 is 2.82 bits per heavy atom. The molecule has 17 heavy (non-hydrogen) atoms. The first kappa shape index (κ1) is 10.6. The van der Waals surface area contributed by atoms with Crippen molar-refractivity contribution in [3.8, 4) is 0 Å². The predicted octanol–water partition coefficient (Wildman–Crippen LogP) is 2.17. The number of fused-ring (bicyclic) bond motifs is 1. The van der Waals surface area contributed by atoms with Crippen molar-refractivity contribution >= 4 is 11.6 Å². The zero-order valence-electron chi connectivity index (χ0n) is 9.91. The van der Waals surface area contributed by atoms with Crippen molar-refractivity contribution in [2.45, 2.75) is 38.1 Å². The van der Waals surface area contributed by atoms with E-state index in [1.54, 1.807) is 0 Å². The predicted molar refractivity (Wildman–Crippen MR) is 67.4 cm³/mol. The van der Waals surface area contributed by atoms with Crippen molar-refractivity contribution in [3.05, 3.63) is 29.3 Å². The van der Waals surface area contributed by atoms with E-state index >= 15 is 0 Å². The van der Waals surface area contributed by atoms with Gasteiger partial charge in [-0.1, -0.05) is 12.5 Å². The average molecular weight is 230 g/mol. The van der Waals surface area contributed by atoms with Crippen molar-refractivity contribution in [3.63, 3.8) is 0 Å². The quantitative estimate of drug-likeness (QED) is 0.765. The van der Waals surface area contributed by atoms with Crippen LogP contribution in [0, 0.1) is 5.92 Å². The van der Waals surface area contributed by atoms with Gasteiger partial charge in [0.25, 0.3) is 0 Å². The minimum Gasteiger partial charge on any atom is -0.399 e. The van der Waals surface area contributed by atoms with Gasteiger partial charge in [-0.25, -0.2) is 0 Å². The second kappa shape index (κ2) is 4.06. The van der Waals surface area contributed by atoms with E-state index in [1.165, 1.54) is 17.5 Å². The Labute approximate surface area is 101 Å². The summed E-state index contributed by atoms with van der Waals surface area (Å²) in [4.78, 5) is 11.9. The van der Waals surface area contributed by atoms with Gasteiger partial charge in [0.15, 0.2) is 0 Å². The Bertz CT molecular complexity index is 452. The minimum absolute atomic E-state index is 0.207. The lowest BCUT2D eigenvalue weighted by Crippen LogP contribution is -2.36. The lowest BCUT2D eigenvalue weighted by molar-refractivity contribution is -0.128. The Hall–Kier alpha value is -1.51. The summed E-state index contributed by atoms with van der Waals surface area (Å²) in [6, 6.07) is 6.22. The van der Waals surface area contributed by atoms with E-state index in [0.29, 0.717) is 0 Å². The number of anilines is 1. The molecule has 3 nitrogen and oxygen atoms in total. The lowest BCUT2D eigenvalue weighted by atomic mass is 9.84. The van der Waals surface area contributed by atoms with E-state index < -0.39 is 0 Å². The molecule has 0 saturated heterocycles. The van der Waals surface area contributed by atoms with Crippen LogP contribution in [0.3, 0.4) is 0 Å². The third-order valence-corrected chi connectivity index (χ3v) is 4.04. The molecule has 1 saturated carbocycles. The fourth-order valence-corrected chi connectivity index (χ4v) is 2.75. The standard InChI is InChI=1S/C14H18N2O/c15-11-5-6-12-10(8-11)4-7-13(12)16-14(17)9-2-1-3-9/h5-6,8-9,13H,1-4,7,15H2,(H,16,17). The Morgan fingerprint density at radius 1 is 1.29 bits per heavy atom. The fraction of sp³-hybridized carbons (Fsp3) is 0.500. The number of carbonyl (C=O) groups excluding carboxylic acids is 1. The number of nitrogens with one attached hydrogen (secondary N) is 1. The molecule has 0 bridgehead atoms. The number of nitrogens with two attached hydrogens (primary N) is 1. The van der Waals surface area contributed by atoms with E-state index in [2.05, 4.69) is 11.4 Å². The van der Waals surface area contributed by atoms with Crippen molar-refractivity contribution in [2.75, 3.05) is 5.73 Å². The Morgan fingerprint density at radius 2 is 2.12 bits per heavy atom. The summed E-state index contributed by atoms with van der Waals surface area (Å²) in [6.07, 6.45) is 5.36. The van der Waals surface area contributed by atoms with Gasteiger partial charge in [0, 0.05) is 11.6 Å². The van der Waals surface area contributed by atoms with Gasteiger partial charge in [0.05, 0.1) is 6.04 Å². The second-order valence-corrected chi connectivity index (χ2v) is 5.19. The number of benzene rings is 1. The van der Waals surface area contributed by atoms with Crippen LogP contribution in [0.25, 0.3) is 0 Å². The highest BCUT2D eigenvalue weighted by Gasteiger charge is 2.29. The molecule has 1 aromatic carbocycles. The van der Waals surface area contributed by atoms with Gasteiger partial charge in [0.1, 0.15) is 0 Å². The van der Waals surface area contributed by atoms with Crippen LogP contribution in [-0.4, -0.2) is 5.91 Å². The first-order chi connectivity index (χ1) is 8.24. The van der Waals surface area contributed by atoms with Gasteiger partial charge in [-0.15, -0.1) is 0 Å². The highest BCUT2D eigenvalue weighted by atomic mass is 16.2. The fourth-order valence-electron chi connectivity index (χ4n) is 2.75. The summed E-state index contributed by atoms with van der Waals surface area (Å²) in [5.41, 5.74) is 9.14. The molecular formula is C14H18N2O. The molecule has 0 aromatic heterocycles. The molecule has 3 heteroatoms. The number of aryl methyl sites for hydroxylation is 1. The number of hydrogen-bond donors (Lipinski definition) is 2. The maximum Gasteiger partial charge on any atom is 0.223 e. The Balaban J connectivity index is 1.72. The largest absolute Gasteiger partial charge is 0.399 e. The zero-order valence-corrected chi connectivity index (χ0v) is 9.91. The molecule has 1 fully saturated rings. The smallest absolute Gasteiger partial charge is 0.223 e. The van der Waals surface area contributed by atoms with E-state index in [-0.39, 0.29) is 17.9 Å². The van der Waals surface area contributed by atoms with E-state index in [9.17, 15) is 4.79 Å². The molecule has 3 rings (SSSR count). The van der Waals surface area contributed by atoms with Gasteiger partial charge in [-0.05, 0) is 48.9 Å². The molecular weight excluding hydrogens is 212 g/mol. The average Bonchev–Trinajstić information content (AvgIpc) is 2.58. The molecule has 0 radical (unpaired) electrons. The van der Waals surface area contributed by atoms with Crippen LogP contribution in [0.4, 0.5) is 5.69 Å². The molecule has 0 heterocycles. The molecule has 0 aliphatic heterocycles. The number of amides is 1. The monoisotopic (exact) mass is 230 g/mol. The lowest BCUT2D eigenvalue weighted by Gasteiger charge is -2.26. The Kier molecular flexibility index (Phi) is 2.54. The molecule has 0 spiro atoms. The maximum absolute atomic E-state index is 11.9.